The second kappa shape index (κ2) is 6.74. The monoisotopic (exact) mass is 357 g/mol. The minimum absolute atomic E-state index is 0.0424. The average molecular weight is 357 g/mol. The molecule has 0 saturated heterocycles. The molecule has 1 atom stereocenters. The van der Waals surface area contributed by atoms with E-state index < -0.39 is 53.0 Å². The summed E-state index contributed by atoms with van der Waals surface area (Å²) in [5, 5.41) is 13.6. The van der Waals surface area contributed by atoms with Gasteiger partial charge in [0.25, 0.3) is 10.2 Å². The van der Waals surface area contributed by atoms with Crippen molar-refractivity contribution in [1.82, 2.24) is 14.3 Å². The number of nitrogens with two attached hydrogens (primary N) is 2. The Morgan fingerprint density at radius 3 is 2.43 bits per heavy atom. The SMILES string of the molecule is Cc1cc(C(F)(F)F)nc(CN(C[C@H](N)C(=O)O)S(N)(=O)=O)n1. The normalized spacial score (nSPS) is 14.0. The molecular weight excluding hydrogens is 343 g/mol. The second-order valence-corrected chi connectivity index (χ2v) is 6.14. The number of rotatable bonds is 6. The van der Waals surface area contributed by atoms with Crippen LogP contribution in [0.25, 0.3) is 0 Å². The molecule has 1 aromatic heterocycles. The molecule has 0 bridgehead atoms. The van der Waals surface area contributed by atoms with Crippen LogP contribution in [0.5, 0.6) is 0 Å². The summed E-state index contributed by atoms with van der Waals surface area (Å²) in [4.78, 5) is 17.6. The van der Waals surface area contributed by atoms with Crippen molar-refractivity contribution >= 4 is 16.2 Å². The number of aliphatic carboxylic acids is 1. The Labute approximate surface area is 129 Å². The second-order valence-electron chi connectivity index (χ2n) is 4.59. The Hall–Kier alpha value is -1.83. The highest BCUT2D eigenvalue weighted by Crippen LogP contribution is 2.27. The maximum atomic E-state index is 12.7. The van der Waals surface area contributed by atoms with Gasteiger partial charge in [-0.15, -0.1) is 0 Å². The van der Waals surface area contributed by atoms with Crippen LogP contribution in [0.15, 0.2) is 6.07 Å². The minimum atomic E-state index is -4.74. The van der Waals surface area contributed by atoms with Gasteiger partial charge in [0.05, 0.1) is 6.54 Å². The molecule has 0 aliphatic heterocycles. The number of carbonyl (C=O) groups is 1. The molecule has 1 heterocycles. The van der Waals surface area contributed by atoms with Crippen molar-refractivity contribution in [1.29, 1.82) is 0 Å². The molecule has 1 rings (SSSR count). The van der Waals surface area contributed by atoms with Crippen LogP contribution in [0, 0.1) is 6.92 Å². The summed E-state index contributed by atoms with van der Waals surface area (Å²) in [5.41, 5.74) is 3.92. The van der Waals surface area contributed by atoms with E-state index in [4.69, 9.17) is 16.0 Å². The van der Waals surface area contributed by atoms with Gasteiger partial charge in [0.1, 0.15) is 17.6 Å². The van der Waals surface area contributed by atoms with E-state index in [1.165, 1.54) is 6.92 Å². The van der Waals surface area contributed by atoms with Gasteiger partial charge in [-0.3, -0.25) is 4.79 Å². The Morgan fingerprint density at radius 2 is 2.00 bits per heavy atom. The maximum absolute atomic E-state index is 12.7. The number of nitrogens with zero attached hydrogens (tertiary/aromatic N) is 3. The lowest BCUT2D eigenvalue weighted by Gasteiger charge is -2.21. The highest BCUT2D eigenvalue weighted by Gasteiger charge is 2.34. The summed E-state index contributed by atoms with van der Waals surface area (Å²) in [6.07, 6.45) is -4.74. The fourth-order valence-electron chi connectivity index (χ4n) is 1.56. The summed E-state index contributed by atoms with van der Waals surface area (Å²) in [7, 11) is -4.42. The third-order valence-electron chi connectivity index (χ3n) is 2.59. The van der Waals surface area contributed by atoms with Crippen molar-refractivity contribution in [3.05, 3.63) is 23.3 Å². The van der Waals surface area contributed by atoms with E-state index in [1.807, 2.05) is 0 Å². The minimum Gasteiger partial charge on any atom is -0.480 e. The third-order valence-corrected chi connectivity index (χ3v) is 3.58. The predicted molar refractivity (Wildman–Crippen MR) is 70.9 cm³/mol. The molecule has 0 fully saturated rings. The van der Waals surface area contributed by atoms with Crippen LogP contribution in [0.2, 0.25) is 0 Å². The number of halogens is 3. The molecule has 13 heteroatoms. The number of carboxylic acid groups (broad SMARTS) is 1. The van der Waals surface area contributed by atoms with Gasteiger partial charge in [0.2, 0.25) is 0 Å². The standard InChI is InChI=1S/C10H14F3N5O4S/c1-5-2-7(10(11,12)13)17-8(16-5)4-18(23(15,21)22)3-6(14)9(19)20/h2,6H,3-4,14H2,1H3,(H,19,20)(H2,15,21,22)/t6-/m0/s1. The zero-order valence-corrected chi connectivity index (χ0v) is 12.6. The van der Waals surface area contributed by atoms with E-state index in [0.717, 1.165) is 0 Å². The molecule has 1 aromatic rings. The first-order chi connectivity index (χ1) is 10.3. The number of aromatic nitrogens is 2. The van der Waals surface area contributed by atoms with E-state index in [9.17, 15) is 26.4 Å². The lowest BCUT2D eigenvalue weighted by atomic mass is 10.3. The maximum Gasteiger partial charge on any atom is 0.433 e. The highest BCUT2D eigenvalue weighted by molar-refractivity contribution is 7.86. The number of hydrogen-bond donors (Lipinski definition) is 3. The largest absolute Gasteiger partial charge is 0.480 e. The Bertz CT molecular complexity index is 694. The van der Waals surface area contributed by atoms with Crippen LogP contribution in [0.1, 0.15) is 17.2 Å². The van der Waals surface area contributed by atoms with Crippen LogP contribution < -0.4 is 10.9 Å². The van der Waals surface area contributed by atoms with Gasteiger partial charge in [-0.05, 0) is 13.0 Å². The molecule has 130 valence electrons. The molecular formula is C10H14F3N5O4S. The Morgan fingerprint density at radius 1 is 1.43 bits per heavy atom. The summed E-state index contributed by atoms with van der Waals surface area (Å²) in [6, 6.07) is -0.923. The number of hydrogen-bond acceptors (Lipinski definition) is 6. The van der Waals surface area contributed by atoms with Gasteiger partial charge >= 0.3 is 12.1 Å². The first kappa shape index (κ1) is 19.2. The van der Waals surface area contributed by atoms with E-state index in [1.54, 1.807) is 0 Å². The number of carboxylic acids is 1. The molecule has 23 heavy (non-hydrogen) atoms. The Balaban J connectivity index is 3.14. The Kier molecular flexibility index (Phi) is 5.63. The van der Waals surface area contributed by atoms with Crippen molar-refractivity contribution in [3.63, 3.8) is 0 Å². The molecule has 0 aliphatic carbocycles. The zero-order chi connectivity index (χ0) is 18.0. The molecule has 0 aliphatic rings. The fourth-order valence-corrected chi connectivity index (χ4v) is 2.22. The molecule has 9 nitrogen and oxygen atoms in total. The summed E-state index contributed by atoms with van der Waals surface area (Å²) in [5.74, 6) is -1.98. The number of aryl methyl sites for hydroxylation is 1. The summed E-state index contributed by atoms with van der Waals surface area (Å²) >= 11 is 0. The van der Waals surface area contributed by atoms with E-state index in [0.29, 0.717) is 10.4 Å². The molecule has 0 radical (unpaired) electrons. The first-order valence-electron chi connectivity index (χ1n) is 5.98. The molecule has 0 unspecified atom stereocenters. The molecule has 0 amide bonds. The van der Waals surface area contributed by atoms with Crippen LogP contribution in [0.4, 0.5) is 13.2 Å². The van der Waals surface area contributed by atoms with Gasteiger partial charge < -0.3 is 10.8 Å². The lowest BCUT2D eigenvalue weighted by molar-refractivity contribution is -0.141. The first-order valence-corrected chi connectivity index (χ1v) is 7.49. The average Bonchev–Trinajstić information content (AvgIpc) is 2.34. The van der Waals surface area contributed by atoms with Crippen LogP contribution in [-0.2, 0) is 27.7 Å². The summed E-state index contributed by atoms with van der Waals surface area (Å²) < 4.78 is 61.3. The topological polar surface area (TPSA) is 152 Å². The molecule has 0 aromatic carbocycles. The van der Waals surface area contributed by atoms with Gasteiger partial charge in [-0.25, -0.2) is 15.1 Å². The van der Waals surface area contributed by atoms with E-state index in [-0.39, 0.29) is 5.69 Å². The van der Waals surface area contributed by atoms with Crippen molar-refractivity contribution in [2.24, 2.45) is 10.9 Å². The van der Waals surface area contributed by atoms with Gasteiger partial charge in [-0.2, -0.15) is 25.9 Å². The zero-order valence-electron chi connectivity index (χ0n) is 11.8. The van der Waals surface area contributed by atoms with Crippen molar-refractivity contribution < 1.29 is 31.5 Å². The highest BCUT2D eigenvalue weighted by atomic mass is 32.2. The van der Waals surface area contributed by atoms with Crippen molar-refractivity contribution in [3.8, 4) is 0 Å². The van der Waals surface area contributed by atoms with Crippen molar-refractivity contribution in [2.45, 2.75) is 25.7 Å². The number of alkyl halides is 3. The van der Waals surface area contributed by atoms with E-state index >= 15 is 0 Å². The van der Waals surface area contributed by atoms with Crippen LogP contribution in [-0.4, -0.2) is 46.4 Å². The van der Waals surface area contributed by atoms with Gasteiger partial charge in [0, 0.05) is 12.2 Å². The van der Waals surface area contributed by atoms with Gasteiger partial charge in [0.15, 0.2) is 0 Å². The predicted octanol–water partition coefficient (Wildman–Crippen LogP) is -0.779. The van der Waals surface area contributed by atoms with Crippen LogP contribution >= 0.6 is 0 Å². The summed E-state index contributed by atoms with van der Waals surface area (Å²) in [6.45, 7) is -0.220. The van der Waals surface area contributed by atoms with Crippen LogP contribution in [0.3, 0.4) is 0 Å². The molecule has 5 N–H and O–H groups in total. The lowest BCUT2D eigenvalue weighted by Crippen LogP contribution is -2.47. The van der Waals surface area contributed by atoms with Crippen molar-refractivity contribution in [2.75, 3.05) is 6.54 Å². The third kappa shape index (κ3) is 5.70. The molecule has 0 spiro atoms. The fraction of sp³-hybridized carbons (Fsp3) is 0.500. The quantitative estimate of drug-likeness (QED) is 0.604. The smallest absolute Gasteiger partial charge is 0.433 e. The molecule has 0 saturated carbocycles. The van der Waals surface area contributed by atoms with Gasteiger partial charge in [-0.1, -0.05) is 0 Å². The van der Waals surface area contributed by atoms with E-state index in [2.05, 4.69) is 9.97 Å².